The molecular formula is C19H24N2O3. The van der Waals surface area contributed by atoms with E-state index < -0.39 is 0 Å². The van der Waals surface area contributed by atoms with Crippen molar-refractivity contribution in [2.75, 3.05) is 19.8 Å². The van der Waals surface area contributed by atoms with Gasteiger partial charge in [-0.25, -0.2) is 4.79 Å². The molecule has 2 heterocycles. The summed E-state index contributed by atoms with van der Waals surface area (Å²) in [5.74, 6) is -0.324. The van der Waals surface area contributed by atoms with Crippen molar-refractivity contribution < 1.29 is 14.6 Å². The Hall–Kier alpha value is -2.11. The number of aliphatic hydroxyl groups excluding tert-OH is 1. The highest BCUT2D eigenvalue weighted by atomic mass is 16.5. The van der Waals surface area contributed by atoms with E-state index in [-0.39, 0.29) is 18.6 Å². The van der Waals surface area contributed by atoms with Gasteiger partial charge in [-0.3, -0.25) is 0 Å². The third-order valence-corrected chi connectivity index (χ3v) is 4.44. The summed E-state index contributed by atoms with van der Waals surface area (Å²) in [4.78, 5) is 15.5. The zero-order valence-corrected chi connectivity index (χ0v) is 14.0. The maximum Gasteiger partial charge on any atom is 0.330 e. The van der Waals surface area contributed by atoms with Gasteiger partial charge in [0.05, 0.1) is 12.6 Å². The van der Waals surface area contributed by atoms with Crippen LogP contribution in [0.25, 0.3) is 10.9 Å². The first kappa shape index (κ1) is 16.7. The molecule has 0 aliphatic carbocycles. The van der Waals surface area contributed by atoms with E-state index >= 15 is 0 Å². The highest BCUT2D eigenvalue weighted by molar-refractivity contribution is 5.86. The number of aromatic amines is 1. The van der Waals surface area contributed by atoms with Crippen molar-refractivity contribution in [3.8, 4) is 0 Å². The van der Waals surface area contributed by atoms with Crippen LogP contribution in [-0.4, -0.2) is 35.8 Å². The third kappa shape index (κ3) is 3.37. The zero-order chi connectivity index (χ0) is 16.9. The van der Waals surface area contributed by atoms with Crippen LogP contribution in [0.2, 0.25) is 0 Å². The predicted molar refractivity (Wildman–Crippen MR) is 93.8 cm³/mol. The van der Waals surface area contributed by atoms with Gasteiger partial charge in [0.1, 0.15) is 0 Å². The fourth-order valence-electron chi connectivity index (χ4n) is 3.42. The molecule has 0 bridgehead atoms. The lowest BCUT2D eigenvalue weighted by Crippen LogP contribution is -2.31. The minimum atomic E-state index is -0.324. The van der Waals surface area contributed by atoms with Gasteiger partial charge in [-0.15, -0.1) is 0 Å². The standard InChI is InChI=1S/C19H24N2O3/c1-2-24-17(23)12-13(6-5-11-22)18-19-15(9-10-20-18)14-7-3-4-8-16(14)21-19/h3-4,7-8,12,18,20-22H,2,5-6,9-11H2,1H3/b13-12+. The van der Waals surface area contributed by atoms with Gasteiger partial charge < -0.3 is 20.1 Å². The van der Waals surface area contributed by atoms with Crippen LogP contribution in [0.1, 0.15) is 37.1 Å². The van der Waals surface area contributed by atoms with Crippen LogP contribution in [0.3, 0.4) is 0 Å². The van der Waals surface area contributed by atoms with Gasteiger partial charge in [-0.1, -0.05) is 18.2 Å². The number of carbonyl (C=O) groups excluding carboxylic acids is 1. The number of hydrogen-bond acceptors (Lipinski definition) is 4. The van der Waals surface area contributed by atoms with E-state index in [2.05, 4.69) is 28.5 Å². The van der Waals surface area contributed by atoms with Crippen molar-refractivity contribution in [2.45, 2.75) is 32.2 Å². The lowest BCUT2D eigenvalue weighted by molar-refractivity contribution is -0.137. The Kier molecular flexibility index (Phi) is 5.33. The number of ether oxygens (including phenoxy) is 1. The van der Waals surface area contributed by atoms with Crippen LogP contribution in [0.5, 0.6) is 0 Å². The molecule has 1 atom stereocenters. The number of para-hydroxylation sites is 1. The number of fused-ring (bicyclic) bond motifs is 3. The van der Waals surface area contributed by atoms with Gasteiger partial charge in [0.15, 0.2) is 0 Å². The first-order valence-corrected chi connectivity index (χ1v) is 8.55. The van der Waals surface area contributed by atoms with Crippen molar-refractivity contribution in [3.05, 3.63) is 47.2 Å². The van der Waals surface area contributed by atoms with Crippen molar-refractivity contribution in [1.29, 1.82) is 0 Å². The van der Waals surface area contributed by atoms with Crippen LogP contribution in [-0.2, 0) is 16.0 Å². The fourth-order valence-corrected chi connectivity index (χ4v) is 3.42. The fraction of sp³-hybridized carbons (Fsp3) is 0.421. The summed E-state index contributed by atoms with van der Waals surface area (Å²) in [5, 5.41) is 13.9. The maximum absolute atomic E-state index is 11.9. The molecule has 0 amide bonds. The number of aromatic nitrogens is 1. The number of nitrogens with one attached hydrogen (secondary N) is 2. The lowest BCUT2D eigenvalue weighted by atomic mass is 9.91. The summed E-state index contributed by atoms with van der Waals surface area (Å²) in [6.45, 7) is 3.12. The topological polar surface area (TPSA) is 74.3 Å². The van der Waals surface area contributed by atoms with E-state index in [0.717, 1.165) is 29.7 Å². The van der Waals surface area contributed by atoms with Crippen molar-refractivity contribution in [1.82, 2.24) is 10.3 Å². The van der Waals surface area contributed by atoms with E-state index in [1.807, 2.05) is 6.07 Å². The minimum absolute atomic E-state index is 0.0443. The molecule has 128 valence electrons. The first-order chi connectivity index (χ1) is 11.7. The maximum atomic E-state index is 11.9. The second kappa shape index (κ2) is 7.64. The molecule has 1 aliphatic rings. The Balaban J connectivity index is 1.99. The molecule has 0 saturated heterocycles. The Labute approximate surface area is 141 Å². The summed E-state index contributed by atoms with van der Waals surface area (Å²) in [6, 6.07) is 8.24. The minimum Gasteiger partial charge on any atom is -0.463 e. The highest BCUT2D eigenvalue weighted by Crippen LogP contribution is 2.34. The molecule has 1 aliphatic heterocycles. The molecule has 24 heavy (non-hydrogen) atoms. The van der Waals surface area contributed by atoms with Gasteiger partial charge in [-0.2, -0.15) is 0 Å². The van der Waals surface area contributed by atoms with Crippen LogP contribution >= 0.6 is 0 Å². The highest BCUT2D eigenvalue weighted by Gasteiger charge is 2.26. The van der Waals surface area contributed by atoms with Gasteiger partial charge in [0, 0.05) is 35.8 Å². The second-order valence-corrected chi connectivity index (χ2v) is 6.00. The number of aliphatic hydroxyl groups is 1. The van der Waals surface area contributed by atoms with Crippen molar-refractivity contribution >= 4 is 16.9 Å². The summed E-state index contributed by atoms with van der Waals surface area (Å²) in [5.41, 5.74) is 4.51. The van der Waals surface area contributed by atoms with E-state index in [1.54, 1.807) is 13.0 Å². The molecule has 3 N–H and O–H groups in total. The van der Waals surface area contributed by atoms with Crippen LogP contribution in [0.15, 0.2) is 35.9 Å². The number of H-pyrrole nitrogens is 1. The van der Waals surface area contributed by atoms with Crippen LogP contribution < -0.4 is 5.32 Å². The molecule has 1 aromatic carbocycles. The molecule has 0 spiro atoms. The average molecular weight is 328 g/mol. The molecule has 0 fully saturated rings. The quantitative estimate of drug-likeness (QED) is 0.563. The molecule has 5 nitrogen and oxygen atoms in total. The molecule has 1 unspecified atom stereocenters. The summed E-state index contributed by atoms with van der Waals surface area (Å²) in [7, 11) is 0. The number of hydrogen-bond donors (Lipinski definition) is 3. The van der Waals surface area contributed by atoms with E-state index in [4.69, 9.17) is 4.74 Å². The number of rotatable bonds is 6. The Morgan fingerprint density at radius 1 is 1.42 bits per heavy atom. The van der Waals surface area contributed by atoms with Crippen molar-refractivity contribution in [3.63, 3.8) is 0 Å². The summed E-state index contributed by atoms with van der Waals surface area (Å²) in [6.07, 6.45) is 3.82. The lowest BCUT2D eigenvalue weighted by Gasteiger charge is -2.27. The normalized spacial score (nSPS) is 17.8. The Morgan fingerprint density at radius 3 is 3.04 bits per heavy atom. The third-order valence-electron chi connectivity index (χ3n) is 4.44. The number of carbonyl (C=O) groups is 1. The SMILES string of the molecule is CCOC(=O)/C=C(\CCCO)C1NCCc2c1[nH]c1ccccc21. The summed E-state index contributed by atoms with van der Waals surface area (Å²) >= 11 is 0. The monoisotopic (exact) mass is 328 g/mol. The van der Waals surface area contributed by atoms with Crippen LogP contribution in [0.4, 0.5) is 0 Å². The molecule has 5 heteroatoms. The van der Waals surface area contributed by atoms with E-state index in [9.17, 15) is 9.90 Å². The number of benzene rings is 1. The predicted octanol–water partition coefficient (Wildman–Crippen LogP) is 2.62. The van der Waals surface area contributed by atoms with Gasteiger partial charge in [0.2, 0.25) is 0 Å². The molecule has 3 rings (SSSR count). The van der Waals surface area contributed by atoms with Gasteiger partial charge in [0.25, 0.3) is 0 Å². The number of esters is 1. The Morgan fingerprint density at radius 2 is 2.25 bits per heavy atom. The van der Waals surface area contributed by atoms with Gasteiger partial charge >= 0.3 is 5.97 Å². The zero-order valence-electron chi connectivity index (χ0n) is 14.0. The summed E-state index contributed by atoms with van der Waals surface area (Å²) < 4.78 is 5.07. The van der Waals surface area contributed by atoms with Gasteiger partial charge in [-0.05, 0) is 43.4 Å². The van der Waals surface area contributed by atoms with E-state index in [0.29, 0.717) is 19.4 Å². The molecule has 1 aromatic heterocycles. The first-order valence-electron chi connectivity index (χ1n) is 8.55. The van der Waals surface area contributed by atoms with Crippen LogP contribution in [0, 0.1) is 0 Å². The molecule has 2 aromatic rings. The van der Waals surface area contributed by atoms with E-state index in [1.165, 1.54) is 10.9 Å². The Bertz CT molecular complexity index is 748. The largest absolute Gasteiger partial charge is 0.463 e. The second-order valence-electron chi connectivity index (χ2n) is 6.00. The molecule has 0 radical (unpaired) electrons. The smallest absolute Gasteiger partial charge is 0.330 e. The molecule has 0 saturated carbocycles. The van der Waals surface area contributed by atoms with Crippen molar-refractivity contribution in [2.24, 2.45) is 0 Å². The average Bonchev–Trinajstić information content (AvgIpc) is 2.97. The molecular weight excluding hydrogens is 304 g/mol.